The zero-order valence-corrected chi connectivity index (χ0v) is 9.98. The van der Waals surface area contributed by atoms with Gasteiger partial charge < -0.3 is 14.6 Å². The van der Waals surface area contributed by atoms with Crippen LogP contribution in [0.2, 0.25) is 0 Å². The number of aromatic hydroxyl groups is 2. The molecule has 0 radical (unpaired) electrons. The number of Topliss-reactive ketones (excluding diaryl/α,β-unsaturated/α-hetero) is 1. The molecule has 0 saturated carbocycles. The normalized spacial score (nSPS) is 10.8. The summed E-state index contributed by atoms with van der Waals surface area (Å²) in [5, 5.41) is 19.7. The monoisotopic (exact) mass is 248 g/mol. The molecule has 0 fully saturated rings. The third-order valence-electron chi connectivity index (χ3n) is 2.76. The van der Waals surface area contributed by atoms with E-state index < -0.39 is 11.4 Å². The smallest absolute Gasteiger partial charge is 0.351 e. The van der Waals surface area contributed by atoms with Gasteiger partial charge in [-0.2, -0.15) is 0 Å². The molecule has 94 valence electrons. The number of phenols is 1. The van der Waals surface area contributed by atoms with E-state index in [1.807, 2.05) is 0 Å². The molecular weight excluding hydrogens is 236 g/mol. The van der Waals surface area contributed by atoms with Crippen molar-refractivity contribution < 1.29 is 19.4 Å². The van der Waals surface area contributed by atoms with Crippen LogP contribution in [-0.4, -0.2) is 16.0 Å². The first-order chi connectivity index (χ1) is 8.45. The summed E-state index contributed by atoms with van der Waals surface area (Å²) in [5.41, 5.74) is -0.644. The fourth-order valence-corrected chi connectivity index (χ4v) is 1.92. The van der Waals surface area contributed by atoms with Crippen LogP contribution in [0.1, 0.15) is 29.3 Å². The van der Waals surface area contributed by atoms with Crippen LogP contribution in [0.5, 0.6) is 11.5 Å². The number of hydrogen-bond acceptors (Lipinski definition) is 5. The van der Waals surface area contributed by atoms with Crippen LogP contribution in [0.15, 0.2) is 21.3 Å². The summed E-state index contributed by atoms with van der Waals surface area (Å²) in [6, 6.07) is 2.64. The quantitative estimate of drug-likeness (QED) is 0.627. The molecule has 1 aromatic carbocycles. The molecule has 0 spiro atoms. The van der Waals surface area contributed by atoms with Crippen molar-refractivity contribution in [1.82, 2.24) is 0 Å². The third kappa shape index (κ3) is 1.73. The molecule has 0 saturated heterocycles. The van der Waals surface area contributed by atoms with Gasteiger partial charge in [0.25, 0.3) is 0 Å². The fraction of sp³-hybridized carbons (Fsp3) is 0.231. The topological polar surface area (TPSA) is 87.7 Å². The Labute approximate surface area is 102 Å². The van der Waals surface area contributed by atoms with Crippen molar-refractivity contribution in [3.63, 3.8) is 0 Å². The van der Waals surface area contributed by atoms with E-state index in [9.17, 15) is 19.8 Å². The Hall–Kier alpha value is -2.30. The van der Waals surface area contributed by atoms with E-state index in [2.05, 4.69) is 0 Å². The maximum Gasteiger partial charge on any atom is 0.351 e. The summed E-state index contributed by atoms with van der Waals surface area (Å²) < 4.78 is 4.96. The van der Waals surface area contributed by atoms with Crippen LogP contribution in [0.4, 0.5) is 0 Å². The highest BCUT2D eigenvalue weighted by Gasteiger charge is 2.20. The standard InChI is InChI=1S/C13H12O5/c1-3-8(15)11-12(16)10-6(2)4-7(14)5-9(10)18-13(11)17/h4-5,14,16H,3H2,1-2H3. The first-order valence-electron chi connectivity index (χ1n) is 5.48. The summed E-state index contributed by atoms with van der Waals surface area (Å²) in [6.45, 7) is 3.23. The molecule has 0 atom stereocenters. The highest BCUT2D eigenvalue weighted by Crippen LogP contribution is 2.32. The SMILES string of the molecule is CCC(=O)c1c(O)c2c(C)cc(O)cc2oc1=O. The van der Waals surface area contributed by atoms with Crippen molar-refractivity contribution in [3.05, 3.63) is 33.7 Å². The van der Waals surface area contributed by atoms with Gasteiger partial charge in [-0.3, -0.25) is 4.79 Å². The molecule has 5 nitrogen and oxygen atoms in total. The summed E-state index contributed by atoms with van der Waals surface area (Å²) in [7, 11) is 0. The van der Waals surface area contributed by atoms with E-state index in [0.29, 0.717) is 5.56 Å². The van der Waals surface area contributed by atoms with Gasteiger partial charge in [0.1, 0.15) is 22.6 Å². The molecule has 0 aliphatic carbocycles. The van der Waals surface area contributed by atoms with E-state index in [1.165, 1.54) is 12.1 Å². The Morgan fingerprint density at radius 2 is 2.00 bits per heavy atom. The molecule has 0 amide bonds. The maximum absolute atomic E-state index is 11.6. The van der Waals surface area contributed by atoms with Crippen LogP contribution in [0, 0.1) is 6.92 Å². The van der Waals surface area contributed by atoms with Gasteiger partial charge in [0.15, 0.2) is 5.78 Å². The molecule has 1 heterocycles. The Bertz CT molecular complexity index is 697. The van der Waals surface area contributed by atoms with Crippen LogP contribution in [0.25, 0.3) is 11.0 Å². The summed E-state index contributed by atoms with van der Waals surface area (Å²) in [5.74, 6) is -0.932. The van der Waals surface area contributed by atoms with Gasteiger partial charge in [0.05, 0.1) is 5.39 Å². The van der Waals surface area contributed by atoms with Crippen LogP contribution in [-0.2, 0) is 0 Å². The zero-order chi connectivity index (χ0) is 13.4. The minimum atomic E-state index is -0.892. The molecule has 1 aromatic heterocycles. The van der Waals surface area contributed by atoms with Crippen molar-refractivity contribution in [2.24, 2.45) is 0 Å². The van der Waals surface area contributed by atoms with Gasteiger partial charge in [0.2, 0.25) is 0 Å². The van der Waals surface area contributed by atoms with Crippen molar-refractivity contribution in [1.29, 1.82) is 0 Å². The minimum absolute atomic E-state index is 0.0580. The molecule has 0 aliphatic heterocycles. The van der Waals surface area contributed by atoms with Gasteiger partial charge in [-0.1, -0.05) is 6.92 Å². The molecule has 0 unspecified atom stereocenters. The number of aryl methyl sites for hydroxylation is 1. The lowest BCUT2D eigenvalue weighted by atomic mass is 10.0. The number of fused-ring (bicyclic) bond motifs is 1. The second kappa shape index (κ2) is 4.18. The van der Waals surface area contributed by atoms with E-state index >= 15 is 0 Å². The predicted molar refractivity (Wildman–Crippen MR) is 65.2 cm³/mol. The number of hydrogen-bond donors (Lipinski definition) is 2. The second-order valence-corrected chi connectivity index (χ2v) is 4.03. The van der Waals surface area contributed by atoms with Crippen LogP contribution >= 0.6 is 0 Å². The Morgan fingerprint density at radius 3 is 2.61 bits per heavy atom. The molecule has 2 aromatic rings. The number of carbonyl (C=O) groups is 1. The lowest BCUT2D eigenvalue weighted by Crippen LogP contribution is -2.13. The number of benzene rings is 1. The minimum Gasteiger partial charge on any atom is -0.508 e. The summed E-state index contributed by atoms with van der Waals surface area (Å²) in [4.78, 5) is 23.3. The molecule has 5 heteroatoms. The molecular formula is C13H12O5. The maximum atomic E-state index is 11.6. The zero-order valence-electron chi connectivity index (χ0n) is 9.98. The van der Waals surface area contributed by atoms with Crippen molar-refractivity contribution in [2.45, 2.75) is 20.3 Å². The van der Waals surface area contributed by atoms with Gasteiger partial charge in [0, 0.05) is 12.5 Å². The average Bonchev–Trinajstić information content (AvgIpc) is 2.26. The third-order valence-corrected chi connectivity index (χ3v) is 2.76. The first-order valence-corrected chi connectivity index (χ1v) is 5.48. The fourth-order valence-electron chi connectivity index (χ4n) is 1.92. The first kappa shape index (κ1) is 12.2. The molecule has 18 heavy (non-hydrogen) atoms. The molecule has 2 N–H and O–H groups in total. The highest BCUT2D eigenvalue weighted by atomic mass is 16.4. The number of ketones is 1. The Kier molecular flexibility index (Phi) is 2.82. The lowest BCUT2D eigenvalue weighted by Gasteiger charge is -2.07. The van der Waals surface area contributed by atoms with Gasteiger partial charge in [-0.05, 0) is 18.6 Å². The van der Waals surface area contributed by atoms with E-state index in [4.69, 9.17) is 4.42 Å². The number of rotatable bonds is 2. The average molecular weight is 248 g/mol. The molecule has 2 rings (SSSR count). The van der Waals surface area contributed by atoms with E-state index in [-0.39, 0.29) is 34.5 Å². The van der Waals surface area contributed by atoms with E-state index in [1.54, 1.807) is 13.8 Å². The molecule has 0 aliphatic rings. The van der Waals surface area contributed by atoms with Crippen molar-refractivity contribution in [3.8, 4) is 11.5 Å². The number of phenolic OH excluding ortho intramolecular Hbond substituents is 1. The lowest BCUT2D eigenvalue weighted by molar-refractivity contribution is 0.0982. The summed E-state index contributed by atoms with van der Waals surface area (Å²) in [6.07, 6.45) is 0.0982. The Morgan fingerprint density at radius 1 is 1.33 bits per heavy atom. The highest BCUT2D eigenvalue weighted by molar-refractivity contribution is 6.03. The van der Waals surface area contributed by atoms with Gasteiger partial charge in [-0.25, -0.2) is 4.79 Å². The second-order valence-electron chi connectivity index (χ2n) is 4.03. The number of carbonyl (C=O) groups excluding carboxylic acids is 1. The summed E-state index contributed by atoms with van der Waals surface area (Å²) >= 11 is 0. The van der Waals surface area contributed by atoms with Crippen LogP contribution < -0.4 is 5.63 Å². The van der Waals surface area contributed by atoms with Gasteiger partial charge >= 0.3 is 5.63 Å². The van der Waals surface area contributed by atoms with E-state index in [0.717, 1.165) is 0 Å². The largest absolute Gasteiger partial charge is 0.508 e. The van der Waals surface area contributed by atoms with Crippen molar-refractivity contribution in [2.75, 3.05) is 0 Å². The van der Waals surface area contributed by atoms with Gasteiger partial charge in [-0.15, -0.1) is 0 Å². The van der Waals surface area contributed by atoms with Crippen LogP contribution in [0.3, 0.4) is 0 Å². The Balaban J connectivity index is 2.94. The predicted octanol–water partition coefficient (Wildman–Crippen LogP) is 2.11. The van der Waals surface area contributed by atoms with Crippen molar-refractivity contribution >= 4 is 16.8 Å². The molecule has 0 bridgehead atoms.